The van der Waals surface area contributed by atoms with Crippen molar-refractivity contribution < 1.29 is 9.13 Å². The molecule has 5 N–H and O–H groups in total. The highest BCUT2D eigenvalue weighted by atomic mass is 19.1. The summed E-state index contributed by atoms with van der Waals surface area (Å²) in [4.78, 5) is 8.52. The van der Waals surface area contributed by atoms with E-state index < -0.39 is 5.54 Å². The standard InChI is InChI=1S/C19H20FN7O/c20-13-5-3-12(4-6-13)19(9-28-10-19)25-16-8-15(23-18(21)24-16)22-17-7-14(26-27-17)11-1-2-11/h3-8,11H,1-2,9-10H2,(H5,21,22,23,24,25,26,27). The molecule has 2 aromatic heterocycles. The molecule has 144 valence electrons. The number of nitrogens with one attached hydrogen (secondary N) is 3. The molecular formula is C19H20FN7O. The molecule has 3 aromatic rings. The molecular weight excluding hydrogens is 361 g/mol. The Morgan fingerprint density at radius 2 is 1.82 bits per heavy atom. The van der Waals surface area contributed by atoms with Crippen LogP contribution in [0.1, 0.15) is 30.0 Å². The van der Waals surface area contributed by atoms with Gasteiger partial charge in [-0.25, -0.2) is 4.39 Å². The fraction of sp³-hybridized carbons (Fsp3) is 0.316. The first kappa shape index (κ1) is 16.9. The Morgan fingerprint density at radius 3 is 2.50 bits per heavy atom. The lowest BCUT2D eigenvalue weighted by Crippen LogP contribution is -2.53. The van der Waals surface area contributed by atoms with Gasteiger partial charge < -0.3 is 21.1 Å². The zero-order valence-corrected chi connectivity index (χ0v) is 15.1. The van der Waals surface area contributed by atoms with Gasteiger partial charge in [0.25, 0.3) is 0 Å². The smallest absolute Gasteiger partial charge is 0.223 e. The van der Waals surface area contributed by atoms with Gasteiger partial charge >= 0.3 is 0 Å². The van der Waals surface area contributed by atoms with Crippen LogP contribution in [0.3, 0.4) is 0 Å². The lowest BCUT2D eigenvalue weighted by molar-refractivity contribution is -0.0449. The van der Waals surface area contributed by atoms with E-state index in [0.717, 1.165) is 11.3 Å². The summed E-state index contributed by atoms with van der Waals surface area (Å²) in [5.74, 6) is 2.23. The minimum atomic E-state index is -0.475. The van der Waals surface area contributed by atoms with E-state index in [1.807, 2.05) is 6.07 Å². The van der Waals surface area contributed by atoms with Gasteiger partial charge in [0.1, 0.15) is 23.0 Å². The van der Waals surface area contributed by atoms with Crippen LogP contribution in [0, 0.1) is 5.82 Å². The third-order valence-electron chi connectivity index (χ3n) is 5.08. The topological polar surface area (TPSA) is 114 Å². The van der Waals surface area contributed by atoms with Crippen molar-refractivity contribution in [1.82, 2.24) is 20.2 Å². The fourth-order valence-electron chi connectivity index (χ4n) is 3.36. The van der Waals surface area contributed by atoms with Crippen LogP contribution in [-0.2, 0) is 10.3 Å². The molecule has 2 fully saturated rings. The molecule has 5 rings (SSSR count). The maximum absolute atomic E-state index is 13.3. The van der Waals surface area contributed by atoms with Crippen molar-refractivity contribution >= 4 is 23.4 Å². The number of benzene rings is 1. The van der Waals surface area contributed by atoms with Crippen LogP contribution in [0.4, 0.5) is 27.8 Å². The van der Waals surface area contributed by atoms with Gasteiger partial charge in [0, 0.05) is 23.7 Å². The van der Waals surface area contributed by atoms with E-state index in [1.54, 1.807) is 18.2 Å². The molecule has 9 heteroatoms. The number of aromatic amines is 1. The second-order valence-corrected chi connectivity index (χ2v) is 7.31. The average Bonchev–Trinajstić information content (AvgIpc) is 3.38. The maximum atomic E-state index is 13.3. The minimum absolute atomic E-state index is 0.139. The van der Waals surface area contributed by atoms with Gasteiger partial charge in [0.2, 0.25) is 5.95 Å². The van der Waals surface area contributed by atoms with Crippen molar-refractivity contribution in [2.75, 3.05) is 29.6 Å². The summed E-state index contributed by atoms with van der Waals surface area (Å²) in [5, 5.41) is 13.9. The molecule has 0 amide bonds. The number of hydrogen-bond donors (Lipinski definition) is 4. The molecule has 1 saturated carbocycles. The lowest BCUT2D eigenvalue weighted by Gasteiger charge is -2.43. The molecule has 1 aromatic carbocycles. The van der Waals surface area contributed by atoms with Crippen LogP contribution in [0.5, 0.6) is 0 Å². The molecule has 1 saturated heterocycles. The van der Waals surface area contributed by atoms with Crippen molar-refractivity contribution in [2.45, 2.75) is 24.3 Å². The van der Waals surface area contributed by atoms with Gasteiger partial charge in [-0.1, -0.05) is 12.1 Å². The summed E-state index contributed by atoms with van der Waals surface area (Å²) in [6.07, 6.45) is 2.40. The van der Waals surface area contributed by atoms with Gasteiger partial charge in [-0.05, 0) is 30.5 Å². The number of H-pyrrole nitrogens is 1. The molecule has 28 heavy (non-hydrogen) atoms. The highest BCUT2D eigenvalue weighted by Gasteiger charge is 2.41. The molecule has 0 bridgehead atoms. The largest absolute Gasteiger partial charge is 0.376 e. The number of halogens is 1. The van der Waals surface area contributed by atoms with Gasteiger partial charge in [-0.2, -0.15) is 15.1 Å². The number of hydrogen-bond acceptors (Lipinski definition) is 7. The van der Waals surface area contributed by atoms with Crippen molar-refractivity contribution in [2.24, 2.45) is 0 Å². The Bertz CT molecular complexity index is 996. The van der Waals surface area contributed by atoms with E-state index in [9.17, 15) is 4.39 Å². The number of nitrogens with two attached hydrogens (primary N) is 1. The van der Waals surface area contributed by atoms with Crippen LogP contribution < -0.4 is 16.4 Å². The first-order valence-electron chi connectivity index (χ1n) is 9.18. The van der Waals surface area contributed by atoms with Gasteiger partial charge in [0.05, 0.1) is 13.2 Å². The zero-order valence-electron chi connectivity index (χ0n) is 15.1. The molecule has 0 spiro atoms. The van der Waals surface area contributed by atoms with Crippen LogP contribution >= 0.6 is 0 Å². The van der Waals surface area contributed by atoms with E-state index >= 15 is 0 Å². The van der Waals surface area contributed by atoms with E-state index in [1.165, 1.54) is 25.0 Å². The van der Waals surface area contributed by atoms with Crippen LogP contribution in [-0.4, -0.2) is 33.4 Å². The quantitative estimate of drug-likeness (QED) is 0.519. The van der Waals surface area contributed by atoms with Crippen LogP contribution in [0.2, 0.25) is 0 Å². The molecule has 0 unspecified atom stereocenters. The van der Waals surface area contributed by atoms with Gasteiger partial charge in [0.15, 0.2) is 5.82 Å². The molecule has 0 radical (unpaired) electrons. The summed E-state index contributed by atoms with van der Waals surface area (Å²) < 4.78 is 18.7. The first-order chi connectivity index (χ1) is 13.6. The van der Waals surface area contributed by atoms with Crippen molar-refractivity contribution in [3.8, 4) is 0 Å². The second kappa shape index (κ2) is 6.45. The highest BCUT2D eigenvalue weighted by molar-refractivity contribution is 5.59. The van der Waals surface area contributed by atoms with Gasteiger partial charge in [-0.15, -0.1) is 0 Å². The molecule has 1 aliphatic carbocycles. The van der Waals surface area contributed by atoms with Crippen molar-refractivity contribution in [3.05, 3.63) is 53.5 Å². The number of nitrogen functional groups attached to an aromatic ring is 1. The summed E-state index contributed by atoms with van der Waals surface area (Å²) in [5.41, 5.74) is 7.48. The third kappa shape index (κ3) is 3.24. The molecule has 3 heterocycles. The summed E-state index contributed by atoms with van der Waals surface area (Å²) >= 11 is 0. The molecule has 1 aliphatic heterocycles. The Hall–Kier alpha value is -3.20. The Morgan fingerprint density at radius 1 is 1.07 bits per heavy atom. The Kier molecular flexibility index (Phi) is 3.90. The fourth-order valence-corrected chi connectivity index (χ4v) is 3.36. The SMILES string of the molecule is Nc1nc(Nc2cc(C3CC3)[nH]n2)cc(NC2(c3ccc(F)cc3)COC2)n1. The molecule has 2 aliphatic rings. The minimum Gasteiger partial charge on any atom is -0.376 e. The van der Waals surface area contributed by atoms with Crippen molar-refractivity contribution in [1.29, 1.82) is 0 Å². The van der Waals surface area contributed by atoms with Crippen LogP contribution in [0.15, 0.2) is 36.4 Å². The maximum Gasteiger partial charge on any atom is 0.223 e. The summed E-state index contributed by atoms with van der Waals surface area (Å²) in [6.45, 7) is 0.908. The van der Waals surface area contributed by atoms with E-state index in [0.29, 0.717) is 36.6 Å². The average molecular weight is 381 g/mol. The Labute approximate surface area is 160 Å². The number of aromatic nitrogens is 4. The van der Waals surface area contributed by atoms with Crippen LogP contribution in [0.25, 0.3) is 0 Å². The predicted octanol–water partition coefficient (Wildman–Crippen LogP) is 2.88. The molecule has 8 nitrogen and oxygen atoms in total. The van der Waals surface area contributed by atoms with Crippen molar-refractivity contribution in [3.63, 3.8) is 0 Å². The summed E-state index contributed by atoms with van der Waals surface area (Å²) in [6, 6.07) is 10.1. The van der Waals surface area contributed by atoms with E-state index in [2.05, 4.69) is 30.8 Å². The normalized spacial score (nSPS) is 17.8. The number of nitrogens with zero attached hydrogens (tertiary/aromatic N) is 3. The second-order valence-electron chi connectivity index (χ2n) is 7.31. The zero-order chi connectivity index (χ0) is 19.1. The summed E-state index contributed by atoms with van der Waals surface area (Å²) in [7, 11) is 0. The first-order valence-corrected chi connectivity index (χ1v) is 9.18. The lowest BCUT2D eigenvalue weighted by atomic mass is 9.88. The third-order valence-corrected chi connectivity index (χ3v) is 5.08. The Balaban J connectivity index is 1.38. The van der Waals surface area contributed by atoms with Gasteiger partial charge in [-0.3, -0.25) is 5.10 Å². The number of anilines is 4. The van der Waals surface area contributed by atoms with E-state index in [-0.39, 0.29) is 11.8 Å². The molecule has 0 atom stereocenters. The van der Waals surface area contributed by atoms with E-state index in [4.69, 9.17) is 10.5 Å². The predicted molar refractivity (Wildman–Crippen MR) is 103 cm³/mol. The monoisotopic (exact) mass is 381 g/mol. The number of rotatable bonds is 6. The highest BCUT2D eigenvalue weighted by Crippen LogP contribution is 2.39. The number of ether oxygens (including phenoxy) is 1.